The van der Waals surface area contributed by atoms with Crippen molar-refractivity contribution < 1.29 is 19.2 Å². The van der Waals surface area contributed by atoms with Crippen LogP contribution in [0.1, 0.15) is 23.6 Å². The van der Waals surface area contributed by atoms with E-state index in [4.69, 9.17) is 21.1 Å². The van der Waals surface area contributed by atoms with Crippen molar-refractivity contribution in [1.29, 1.82) is 0 Å². The molecule has 0 spiro atoms. The van der Waals surface area contributed by atoms with E-state index >= 15 is 0 Å². The maximum atomic E-state index is 12.6. The molecule has 1 atom stereocenters. The lowest BCUT2D eigenvalue weighted by molar-refractivity contribution is -0.384. The molecule has 1 aliphatic heterocycles. The molecule has 1 saturated heterocycles. The van der Waals surface area contributed by atoms with Gasteiger partial charge in [0.05, 0.1) is 16.4 Å². The van der Waals surface area contributed by atoms with Crippen molar-refractivity contribution >= 4 is 46.7 Å². The Morgan fingerprint density at radius 1 is 1.11 bits per heavy atom. The van der Waals surface area contributed by atoms with Crippen LogP contribution < -0.4 is 20.1 Å². The number of halogens is 1. The van der Waals surface area contributed by atoms with Crippen LogP contribution in [0.15, 0.2) is 65.6 Å². The SMILES string of the molecule is CCOc1cc(/C=C2\SC(Nc3cc(Cl)ccc3C)NC2=O)ccc1OCc1ccc([N+](=O)[O-])cc1. The van der Waals surface area contributed by atoms with Gasteiger partial charge in [-0.15, -0.1) is 0 Å². The molecule has 0 aromatic heterocycles. The van der Waals surface area contributed by atoms with Gasteiger partial charge < -0.3 is 20.1 Å². The van der Waals surface area contributed by atoms with Crippen LogP contribution in [0.3, 0.4) is 0 Å². The van der Waals surface area contributed by atoms with Crippen LogP contribution in [0.2, 0.25) is 5.02 Å². The lowest BCUT2D eigenvalue weighted by Gasteiger charge is -2.15. The molecule has 8 nitrogen and oxygen atoms in total. The molecule has 3 aromatic rings. The topological polar surface area (TPSA) is 103 Å². The van der Waals surface area contributed by atoms with Gasteiger partial charge in [-0.1, -0.05) is 35.5 Å². The fourth-order valence-electron chi connectivity index (χ4n) is 3.48. The molecule has 2 N–H and O–H groups in total. The number of carbonyl (C=O) groups excluding carboxylic acids is 1. The molecule has 36 heavy (non-hydrogen) atoms. The van der Waals surface area contributed by atoms with Gasteiger partial charge in [-0.05, 0) is 73.0 Å². The zero-order valence-corrected chi connectivity index (χ0v) is 21.2. The third kappa shape index (κ3) is 6.30. The summed E-state index contributed by atoms with van der Waals surface area (Å²) in [5.74, 6) is 0.909. The first-order valence-corrected chi connectivity index (χ1v) is 12.4. The summed E-state index contributed by atoms with van der Waals surface area (Å²) in [6, 6.07) is 17.2. The number of ether oxygens (including phenoxy) is 2. The van der Waals surface area contributed by atoms with Gasteiger partial charge in [0, 0.05) is 22.8 Å². The molecule has 0 saturated carbocycles. The predicted molar refractivity (Wildman–Crippen MR) is 142 cm³/mol. The van der Waals surface area contributed by atoms with Crippen LogP contribution in [0, 0.1) is 17.0 Å². The van der Waals surface area contributed by atoms with Crippen molar-refractivity contribution in [2.45, 2.75) is 26.0 Å². The van der Waals surface area contributed by atoms with Gasteiger partial charge in [0.25, 0.3) is 11.6 Å². The molecule has 0 bridgehead atoms. The average Bonchev–Trinajstić information content (AvgIpc) is 3.19. The minimum atomic E-state index is -0.440. The summed E-state index contributed by atoms with van der Waals surface area (Å²) in [6.07, 6.45) is 1.80. The maximum Gasteiger partial charge on any atom is 0.269 e. The molecular formula is C26H24ClN3O5S. The Morgan fingerprint density at radius 3 is 2.61 bits per heavy atom. The van der Waals surface area contributed by atoms with Gasteiger partial charge in [0.15, 0.2) is 17.0 Å². The number of nitro groups is 1. The molecule has 1 unspecified atom stereocenters. The molecule has 186 valence electrons. The number of hydrogen-bond acceptors (Lipinski definition) is 7. The highest BCUT2D eigenvalue weighted by Gasteiger charge is 2.27. The normalized spacial score (nSPS) is 16.0. The highest BCUT2D eigenvalue weighted by atomic mass is 35.5. The van der Waals surface area contributed by atoms with E-state index in [0.717, 1.165) is 22.4 Å². The Labute approximate surface area is 217 Å². The lowest BCUT2D eigenvalue weighted by atomic mass is 10.1. The zero-order chi connectivity index (χ0) is 25.7. The second kappa shape index (κ2) is 11.4. The molecule has 1 aliphatic rings. The summed E-state index contributed by atoms with van der Waals surface area (Å²) in [4.78, 5) is 23.5. The van der Waals surface area contributed by atoms with Gasteiger partial charge in [-0.25, -0.2) is 0 Å². The van der Waals surface area contributed by atoms with E-state index in [1.807, 2.05) is 44.2 Å². The van der Waals surface area contributed by atoms with Gasteiger partial charge in [-0.3, -0.25) is 14.9 Å². The number of hydrogen-bond donors (Lipinski definition) is 2. The molecule has 4 rings (SSSR count). The molecule has 0 radical (unpaired) electrons. The Morgan fingerprint density at radius 2 is 1.89 bits per heavy atom. The number of non-ortho nitro benzene ring substituents is 1. The van der Waals surface area contributed by atoms with Crippen molar-refractivity contribution in [2.75, 3.05) is 11.9 Å². The van der Waals surface area contributed by atoms with E-state index in [2.05, 4.69) is 10.6 Å². The van der Waals surface area contributed by atoms with E-state index in [0.29, 0.717) is 28.0 Å². The van der Waals surface area contributed by atoms with Crippen molar-refractivity contribution in [2.24, 2.45) is 0 Å². The van der Waals surface area contributed by atoms with Crippen LogP contribution in [0.5, 0.6) is 11.5 Å². The maximum absolute atomic E-state index is 12.6. The summed E-state index contributed by atoms with van der Waals surface area (Å²) in [5.41, 5.74) is 3.17. The largest absolute Gasteiger partial charge is 0.490 e. The van der Waals surface area contributed by atoms with Gasteiger partial charge in [0.2, 0.25) is 0 Å². The molecular weight excluding hydrogens is 502 g/mol. The molecule has 10 heteroatoms. The first kappa shape index (κ1) is 25.4. The second-order valence-electron chi connectivity index (χ2n) is 7.93. The number of anilines is 1. The van der Waals surface area contributed by atoms with Gasteiger partial charge in [0.1, 0.15) is 6.61 Å². The quantitative estimate of drug-likeness (QED) is 0.197. The standard InChI is InChI=1S/C26H24ClN3O5S/c1-3-34-23-12-18(7-11-22(23)35-15-17-5-9-20(10-6-17)30(32)33)13-24-25(31)29-26(36-24)28-21-14-19(27)8-4-16(21)2/h4-14,26,28H,3,15H2,1-2H3,(H,29,31)/b24-13-. The summed E-state index contributed by atoms with van der Waals surface area (Å²) in [7, 11) is 0. The van der Waals surface area contributed by atoms with Crippen molar-refractivity contribution in [3.05, 3.63) is 97.4 Å². The average molecular weight is 526 g/mol. The highest BCUT2D eigenvalue weighted by molar-refractivity contribution is 8.05. The number of amides is 1. The fourth-order valence-corrected chi connectivity index (χ4v) is 4.63. The predicted octanol–water partition coefficient (Wildman–Crippen LogP) is 6.13. The number of rotatable bonds is 9. The fraction of sp³-hybridized carbons (Fsp3) is 0.192. The first-order chi connectivity index (χ1) is 17.3. The van der Waals surface area contributed by atoms with Crippen molar-refractivity contribution in [1.82, 2.24) is 5.32 Å². The zero-order valence-electron chi connectivity index (χ0n) is 19.6. The number of benzene rings is 3. The van der Waals surface area contributed by atoms with Crippen molar-refractivity contribution in [3.8, 4) is 11.5 Å². The number of thioether (sulfide) groups is 1. The summed E-state index contributed by atoms with van der Waals surface area (Å²) in [5, 5.41) is 17.7. The minimum Gasteiger partial charge on any atom is -0.490 e. The van der Waals surface area contributed by atoms with E-state index in [1.54, 1.807) is 24.3 Å². The molecule has 1 amide bonds. The van der Waals surface area contributed by atoms with Crippen LogP contribution in [0.4, 0.5) is 11.4 Å². The van der Waals surface area contributed by atoms with Crippen LogP contribution >= 0.6 is 23.4 Å². The van der Waals surface area contributed by atoms with E-state index in [1.165, 1.54) is 23.9 Å². The highest BCUT2D eigenvalue weighted by Crippen LogP contribution is 2.34. The Kier molecular flexibility index (Phi) is 8.02. The number of nitro benzene ring substituents is 1. The number of nitrogens with zero attached hydrogens (tertiary/aromatic N) is 1. The van der Waals surface area contributed by atoms with Crippen LogP contribution in [-0.4, -0.2) is 22.9 Å². The second-order valence-corrected chi connectivity index (χ2v) is 9.52. The first-order valence-electron chi connectivity index (χ1n) is 11.2. The summed E-state index contributed by atoms with van der Waals surface area (Å²) in [6.45, 7) is 4.51. The summed E-state index contributed by atoms with van der Waals surface area (Å²) < 4.78 is 11.7. The van der Waals surface area contributed by atoms with Gasteiger partial charge >= 0.3 is 0 Å². The molecule has 0 aliphatic carbocycles. The number of aryl methyl sites for hydroxylation is 1. The van der Waals surface area contributed by atoms with Crippen molar-refractivity contribution in [3.63, 3.8) is 0 Å². The third-order valence-corrected chi connectivity index (χ3v) is 6.59. The molecule has 3 aromatic carbocycles. The Balaban J connectivity index is 1.45. The van der Waals surface area contributed by atoms with Crippen LogP contribution in [-0.2, 0) is 11.4 Å². The third-order valence-electron chi connectivity index (χ3n) is 5.32. The number of nitrogens with one attached hydrogen (secondary N) is 2. The molecule has 1 heterocycles. The van der Waals surface area contributed by atoms with E-state index in [9.17, 15) is 14.9 Å². The smallest absolute Gasteiger partial charge is 0.269 e. The summed E-state index contributed by atoms with van der Waals surface area (Å²) >= 11 is 7.49. The molecule has 1 fully saturated rings. The minimum absolute atomic E-state index is 0.0279. The lowest BCUT2D eigenvalue weighted by Crippen LogP contribution is -2.31. The van der Waals surface area contributed by atoms with E-state index < -0.39 is 4.92 Å². The van der Waals surface area contributed by atoms with Crippen LogP contribution in [0.25, 0.3) is 6.08 Å². The monoisotopic (exact) mass is 525 g/mol. The Bertz CT molecular complexity index is 1310. The number of carbonyl (C=O) groups is 1. The Hall–Kier alpha value is -3.69. The van der Waals surface area contributed by atoms with Gasteiger partial charge in [-0.2, -0.15) is 0 Å². The van der Waals surface area contributed by atoms with E-state index in [-0.39, 0.29) is 23.7 Å².